The molecule has 126 valence electrons. The minimum Gasteiger partial charge on any atom is -0.334 e. The van der Waals surface area contributed by atoms with Gasteiger partial charge in [-0.1, -0.05) is 12.1 Å². The average Bonchev–Trinajstić information content (AvgIpc) is 3.08. The molecule has 9 nitrogen and oxygen atoms in total. The number of Topliss-reactive ketones (excluding diaryl/α,β-unsaturated/α-hetero) is 1. The number of rotatable bonds is 6. The van der Waals surface area contributed by atoms with Gasteiger partial charge in [0.2, 0.25) is 11.6 Å². The van der Waals surface area contributed by atoms with Crippen LogP contribution in [0.1, 0.15) is 17.3 Å². The molecule has 0 spiro atoms. The Morgan fingerprint density at radius 3 is 2.60 bits per heavy atom. The molecule has 0 aliphatic carbocycles. The van der Waals surface area contributed by atoms with Crippen LogP contribution < -0.4 is 10.6 Å². The number of benzene rings is 1. The van der Waals surface area contributed by atoms with Crippen LogP contribution in [0.5, 0.6) is 0 Å². The molecule has 0 aliphatic heterocycles. The molecule has 0 bridgehead atoms. The highest BCUT2D eigenvalue weighted by molar-refractivity contribution is 7.13. The maximum absolute atomic E-state index is 11.5. The van der Waals surface area contributed by atoms with Gasteiger partial charge in [-0.2, -0.15) is 0 Å². The molecule has 0 aliphatic rings. The quantitative estimate of drug-likeness (QED) is 0.390. The van der Waals surface area contributed by atoms with E-state index in [-0.39, 0.29) is 23.1 Å². The third kappa shape index (κ3) is 3.75. The van der Waals surface area contributed by atoms with Crippen molar-refractivity contribution in [3.05, 3.63) is 57.8 Å². The summed E-state index contributed by atoms with van der Waals surface area (Å²) in [4.78, 5) is 34.3. The van der Waals surface area contributed by atoms with Gasteiger partial charge in [-0.3, -0.25) is 14.9 Å². The normalized spacial score (nSPS) is 10.3. The van der Waals surface area contributed by atoms with Crippen molar-refractivity contribution in [1.82, 2.24) is 15.0 Å². The Morgan fingerprint density at radius 2 is 1.96 bits per heavy atom. The SMILES string of the molecule is CC(=O)c1cccc(Nc2ncnc(Nc3nccs3)c2[N+](=O)[O-])c1. The molecule has 0 fully saturated rings. The highest BCUT2D eigenvalue weighted by Crippen LogP contribution is 2.33. The second-order valence-corrected chi connectivity index (χ2v) is 5.80. The number of thiazole rings is 1. The first kappa shape index (κ1) is 16.5. The molecule has 2 aromatic heterocycles. The van der Waals surface area contributed by atoms with Crippen LogP contribution in [0.2, 0.25) is 0 Å². The lowest BCUT2D eigenvalue weighted by atomic mass is 10.1. The summed E-state index contributed by atoms with van der Waals surface area (Å²) in [6.07, 6.45) is 2.78. The number of hydrogen-bond donors (Lipinski definition) is 2. The van der Waals surface area contributed by atoms with Gasteiger partial charge in [0.05, 0.1) is 4.92 Å². The average molecular weight is 356 g/mol. The second-order valence-electron chi connectivity index (χ2n) is 4.90. The Labute approximate surface area is 145 Å². The molecule has 0 unspecified atom stereocenters. The molecule has 0 saturated carbocycles. The number of hydrogen-bond acceptors (Lipinski definition) is 9. The van der Waals surface area contributed by atoms with Gasteiger partial charge in [0.1, 0.15) is 6.33 Å². The standard InChI is InChI=1S/C15H12N6O3S/c1-9(22)10-3-2-4-11(7-10)19-13-12(21(23)24)14(18-8-17-13)20-15-16-5-6-25-15/h2-8H,1H3,(H2,16,17,18,19,20). The Kier molecular flexibility index (Phi) is 4.61. The summed E-state index contributed by atoms with van der Waals surface area (Å²) in [5.41, 5.74) is 0.684. The monoisotopic (exact) mass is 356 g/mol. The molecule has 3 rings (SSSR count). The fraction of sp³-hybridized carbons (Fsp3) is 0.0667. The minimum absolute atomic E-state index is 0.0137. The topological polar surface area (TPSA) is 123 Å². The van der Waals surface area contributed by atoms with Gasteiger partial charge in [0, 0.05) is 22.8 Å². The summed E-state index contributed by atoms with van der Waals surface area (Å²) >= 11 is 1.29. The predicted octanol–water partition coefficient (Wildman–Crippen LogP) is 3.53. The van der Waals surface area contributed by atoms with Crippen LogP contribution in [0.25, 0.3) is 0 Å². The number of ketones is 1. The Bertz CT molecular complexity index is 929. The van der Waals surface area contributed by atoms with E-state index in [4.69, 9.17) is 0 Å². The van der Waals surface area contributed by atoms with E-state index in [1.165, 1.54) is 24.6 Å². The number of carbonyl (C=O) groups is 1. The molecule has 0 saturated heterocycles. The highest BCUT2D eigenvalue weighted by Gasteiger charge is 2.24. The summed E-state index contributed by atoms with van der Waals surface area (Å²) in [6.45, 7) is 1.45. The van der Waals surface area contributed by atoms with Crippen LogP contribution in [-0.2, 0) is 0 Å². The van der Waals surface area contributed by atoms with Crippen LogP contribution in [0, 0.1) is 10.1 Å². The van der Waals surface area contributed by atoms with Gasteiger partial charge in [-0.15, -0.1) is 11.3 Å². The molecule has 0 radical (unpaired) electrons. The first-order chi connectivity index (χ1) is 12.0. The smallest absolute Gasteiger partial charge is 0.334 e. The first-order valence-electron chi connectivity index (χ1n) is 7.08. The third-order valence-electron chi connectivity index (χ3n) is 3.19. The van der Waals surface area contributed by atoms with Crippen LogP contribution in [0.3, 0.4) is 0 Å². The van der Waals surface area contributed by atoms with Crippen LogP contribution in [0.4, 0.5) is 28.1 Å². The Morgan fingerprint density at radius 1 is 1.20 bits per heavy atom. The van der Waals surface area contributed by atoms with Gasteiger partial charge in [-0.05, 0) is 19.1 Å². The molecule has 25 heavy (non-hydrogen) atoms. The van der Waals surface area contributed by atoms with Crippen molar-refractivity contribution in [3.63, 3.8) is 0 Å². The Balaban J connectivity index is 1.97. The van der Waals surface area contributed by atoms with Crippen molar-refractivity contribution >= 4 is 45.3 Å². The van der Waals surface area contributed by atoms with Gasteiger partial charge in [-0.25, -0.2) is 15.0 Å². The molecule has 1 aromatic carbocycles. The zero-order chi connectivity index (χ0) is 17.8. The fourth-order valence-electron chi connectivity index (χ4n) is 2.07. The highest BCUT2D eigenvalue weighted by atomic mass is 32.1. The van der Waals surface area contributed by atoms with E-state index in [2.05, 4.69) is 25.6 Å². The molecule has 0 amide bonds. The summed E-state index contributed by atoms with van der Waals surface area (Å²) < 4.78 is 0. The van der Waals surface area contributed by atoms with E-state index in [0.717, 1.165) is 0 Å². The number of nitrogens with one attached hydrogen (secondary N) is 2. The van der Waals surface area contributed by atoms with Gasteiger partial charge in [0.15, 0.2) is 10.9 Å². The maximum Gasteiger partial charge on any atom is 0.353 e. The molecule has 10 heteroatoms. The zero-order valence-corrected chi connectivity index (χ0v) is 13.8. The molecule has 0 atom stereocenters. The van der Waals surface area contributed by atoms with E-state index in [9.17, 15) is 14.9 Å². The number of nitrogens with zero attached hydrogens (tertiary/aromatic N) is 4. The van der Waals surface area contributed by atoms with E-state index in [0.29, 0.717) is 16.4 Å². The molecule has 2 N–H and O–H groups in total. The van der Waals surface area contributed by atoms with Crippen LogP contribution in [0.15, 0.2) is 42.2 Å². The molecule has 2 heterocycles. The second kappa shape index (κ2) is 7.01. The van der Waals surface area contributed by atoms with Crippen molar-refractivity contribution < 1.29 is 9.72 Å². The third-order valence-corrected chi connectivity index (χ3v) is 3.88. The largest absolute Gasteiger partial charge is 0.353 e. The summed E-state index contributed by atoms with van der Waals surface area (Å²) in [6, 6.07) is 6.63. The number of aromatic nitrogens is 3. The molecule has 3 aromatic rings. The lowest BCUT2D eigenvalue weighted by molar-refractivity contribution is -0.383. The zero-order valence-electron chi connectivity index (χ0n) is 13.0. The summed E-state index contributed by atoms with van der Waals surface area (Å²) in [5, 5.41) is 19.4. The number of anilines is 4. The van der Waals surface area contributed by atoms with Gasteiger partial charge < -0.3 is 10.6 Å². The van der Waals surface area contributed by atoms with E-state index < -0.39 is 4.92 Å². The summed E-state index contributed by atoms with van der Waals surface area (Å²) in [7, 11) is 0. The van der Waals surface area contributed by atoms with Crippen molar-refractivity contribution in [2.75, 3.05) is 10.6 Å². The Hall–Kier alpha value is -3.40. The lowest BCUT2D eigenvalue weighted by Crippen LogP contribution is -2.05. The first-order valence-corrected chi connectivity index (χ1v) is 7.96. The van der Waals surface area contributed by atoms with Crippen LogP contribution >= 0.6 is 11.3 Å². The van der Waals surface area contributed by atoms with Crippen LogP contribution in [-0.4, -0.2) is 25.7 Å². The lowest BCUT2D eigenvalue weighted by Gasteiger charge is -2.09. The van der Waals surface area contributed by atoms with Crippen molar-refractivity contribution in [3.8, 4) is 0 Å². The maximum atomic E-state index is 11.5. The number of nitro groups is 1. The molecular weight excluding hydrogens is 344 g/mol. The van der Waals surface area contributed by atoms with Gasteiger partial charge >= 0.3 is 5.69 Å². The minimum atomic E-state index is -0.576. The van der Waals surface area contributed by atoms with E-state index >= 15 is 0 Å². The van der Waals surface area contributed by atoms with Crippen molar-refractivity contribution in [1.29, 1.82) is 0 Å². The summed E-state index contributed by atoms with van der Waals surface area (Å²) in [5.74, 6) is -0.0631. The van der Waals surface area contributed by atoms with E-state index in [1.54, 1.807) is 35.8 Å². The number of carbonyl (C=O) groups excluding carboxylic acids is 1. The van der Waals surface area contributed by atoms with Crippen molar-refractivity contribution in [2.45, 2.75) is 6.92 Å². The van der Waals surface area contributed by atoms with Crippen molar-refractivity contribution in [2.24, 2.45) is 0 Å². The van der Waals surface area contributed by atoms with E-state index in [1.807, 2.05) is 0 Å². The fourth-order valence-corrected chi connectivity index (χ4v) is 2.60. The molecular formula is C15H12N6O3S. The predicted molar refractivity (Wildman–Crippen MR) is 93.8 cm³/mol. The van der Waals surface area contributed by atoms with Gasteiger partial charge in [0.25, 0.3) is 0 Å².